The van der Waals surface area contributed by atoms with Gasteiger partial charge in [0.05, 0.1) is 11.0 Å². The summed E-state index contributed by atoms with van der Waals surface area (Å²) in [5.74, 6) is 1.07. The molecule has 0 spiro atoms. The molecule has 100 valence electrons. The van der Waals surface area contributed by atoms with Crippen molar-refractivity contribution in [2.24, 2.45) is 5.41 Å². The molecular weight excluding hydrogens is 234 g/mol. The predicted octanol–water partition coefficient (Wildman–Crippen LogP) is 2.48. The molecule has 0 atom stereocenters. The molecule has 0 amide bonds. The standard InChI is InChI=1S/C13H19NO4/c1-13(2,3)12(15)17-8-16-11-9-6-4-5-7-10(9)18-14-11/h4-8H2,1-3H3. The molecule has 5 heteroatoms. The van der Waals surface area contributed by atoms with Crippen LogP contribution >= 0.6 is 0 Å². The molecule has 0 N–H and O–H groups in total. The molecule has 0 aromatic carbocycles. The topological polar surface area (TPSA) is 61.6 Å². The third-order valence-corrected chi connectivity index (χ3v) is 2.91. The molecule has 1 aromatic heterocycles. The van der Waals surface area contributed by atoms with Crippen LogP contribution in [0.1, 0.15) is 44.9 Å². The van der Waals surface area contributed by atoms with E-state index in [-0.39, 0.29) is 12.8 Å². The second-order valence-corrected chi connectivity index (χ2v) is 5.54. The van der Waals surface area contributed by atoms with Gasteiger partial charge in [0.15, 0.2) is 0 Å². The molecule has 1 aromatic rings. The number of rotatable bonds is 3. The van der Waals surface area contributed by atoms with E-state index in [1.54, 1.807) is 20.8 Å². The van der Waals surface area contributed by atoms with Crippen molar-refractivity contribution in [1.29, 1.82) is 0 Å². The van der Waals surface area contributed by atoms with Gasteiger partial charge in [0.2, 0.25) is 6.79 Å². The van der Waals surface area contributed by atoms with Crippen LogP contribution in [0.3, 0.4) is 0 Å². The van der Waals surface area contributed by atoms with Crippen molar-refractivity contribution in [1.82, 2.24) is 5.16 Å². The monoisotopic (exact) mass is 253 g/mol. The summed E-state index contributed by atoms with van der Waals surface area (Å²) in [6.45, 7) is 5.28. The minimum atomic E-state index is -0.521. The maximum absolute atomic E-state index is 11.5. The second-order valence-electron chi connectivity index (χ2n) is 5.54. The van der Waals surface area contributed by atoms with E-state index in [0.29, 0.717) is 5.88 Å². The fourth-order valence-corrected chi connectivity index (χ4v) is 1.83. The predicted molar refractivity (Wildman–Crippen MR) is 64.2 cm³/mol. The van der Waals surface area contributed by atoms with Gasteiger partial charge in [-0.15, -0.1) is 0 Å². The lowest BCUT2D eigenvalue weighted by Crippen LogP contribution is -2.24. The number of esters is 1. The highest BCUT2D eigenvalue weighted by molar-refractivity contribution is 5.75. The van der Waals surface area contributed by atoms with Crippen LogP contribution in [0.25, 0.3) is 0 Å². The summed E-state index contributed by atoms with van der Waals surface area (Å²) in [5, 5.41) is 3.87. The molecule has 0 saturated carbocycles. The highest BCUT2D eigenvalue weighted by Crippen LogP contribution is 2.29. The fourth-order valence-electron chi connectivity index (χ4n) is 1.83. The maximum atomic E-state index is 11.5. The minimum Gasteiger partial charge on any atom is -0.437 e. The van der Waals surface area contributed by atoms with Crippen molar-refractivity contribution in [3.63, 3.8) is 0 Å². The molecule has 0 saturated heterocycles. The first-order valence-corrected chi connectivity index (χ1v) is 6.26. The van der Waals surface area contributed by atoms with Crippen LogP contribution in [0.5, 0.6) is 5.88 Å². The Balaban J connectivity index is 1.88. The molecule has 2 rings (SSSR count). The fraction of sp³-hybridized carbons (Fsp3) is 0.692. The smallest absolute Gasteiger partial charge is 0.314 e. The SMILES string of the molecule is CC(C)(C)C(=O)OCOc1noc2c1CCCC2. The highest BCUT2D eigenvalue weighted by atomic mass is 16.7. The van der Waals surface area contributed by atoms with E-state index >= 15 is 0 Å². The largest absolute Gasteiger partial charge is 0.437 e. The Morgan fingerprint density at radius 2 is 2.06 bits per heavy atom. The number of carbonyl (C=O) groups is 1. The van der Waals surface area contributed by atoms with Crippen molar-refractivity contribution in [2.75, 3.05) is 6.79 Å². The Bertz CT molecular complexity index is 431. The lowest BCUT2D eigenvalue weighted by Gasteiger charge is -2.16. The lowest BCUT2D eigenvalue weighted by atomic mass is 9.98. The molecular formula is C13H19NO4. The van der Waals surface area contributed by atoms with Crippen molar-refractivity contribution in [3.8, 4) is 5.88 Å². The van der Waals surface area contributed by atoms with E-state index in [4.69, 9.17) is 14.0 Å². The number of hydrogen-bond acceptors (Lipinski definition) is 5. The first-order valence-electron chi connectivity index (χ1n) is 6.26. The zero-order valence-electron chi connectivity index (χ0n) is 11.1. The molecule has 0 fully saturated rings. The number of ether oxygens (including phenoxy) is 2. The normalized spacial score (nSPS) is 15.1. The van der Waals surface area contributed by atoms with Gasteiger partial charge in [-0.05, 0) is 45.2 Å². The molecule has 0 bridgehead atoms. The third-order valence-electron chi connectivity index (χ3n) is 2.91. The van der Waals surface area contributed by atoms with Crippen LogP contribution in [-0.2, 0) is 22.4 Å². The van der Waals surface area contributed by atoms with Crippen molar-refractivity contribution >= 4 is 5.97 Å². The van der Waals surface area contributed by atoms with Crippen molar-refractivity contribution in [2.45, 2.75) is 46.5 Å². The first kappa shape index (κ1) is 12.9. The number of aryl methyl sites for hydroxylation is 1. The Morgan fingerprint density at radius 1 is 1.33 bits per heavy atom. The Labute approximate surface area is 106 Å². The molecule has 18 heavy (non-hydrogen) atoms. The average Bonchev–Trinajstić information content (AvgIpc) is 2.71. The number of nitrogens with zero attached hydrogens (tertiary/aromatic N) is 1. The summed E-state index contributed by atoms with van der Waals surface area (Å²) in [6.07, 6.45) is 4.07. The Hall–Kier alpha value is -1.52. The zero-order valence-corrected chi connectivity index (χ0v) is 11.1. The van der Waals surface area contributed by atoms with Crippen molar-refractivity contribution < 1.29 is 18.8 Å². The molecule has 0 radical (unpaired) electrons. The Kier molecular flexibility index (Phi) is 3.59. The van der Waals surface area contributed by atoms with Crippen LogP contribution in [0, 0.1) is 5.41 Å². The van der Waals surface area contributed by atoms with E-state index in [1.807, 2.05) is 0 Å². The average molecular weight is 253 g/mol. The molecule has 5 nitrogen and oxygen atoms in total. The number of aromatic nitrogens is 1. The summed E-state index contributed by atoms with van der Waals surface area (Å²) >= 11 is 0. The van der Waals surface area contributed by atoms with Crippen LogP contribution in [-0.4, -0.2) is 17.9 Å². The summed E-state index contributed by atoms with van der Waals surface area (Å²) < 4.78 is 15.6. The van der Waals surface area contributed by atoms with E-state index in [2.05, 4.69) is 5.16 Å². The summed E-state index contributed by atoms with van der Waals surface area (Å²) in [6, 6.07) is 0. The Morgan fingerprint density at radius 3 is 2.78 bits per heavy atom. The van der Waals surface area contributed by atoms with Gasteiger partial charge in [0, 0.05) is 6.42 Å². The van der Waals surface area contributed by atoms with Crippen LogP contribution in [0.4, 0.5) is 0 Å². The maximum Gasteiger partial charge on any atom is 0.314 e. The number of carbonyl (C=O) groups excluding carboxylic acids is 1. The van der Waals surface area contributed by atoms with Gasteiger partial charge in [0.1, 0.15) is 5.76 Å². The van der Waals surface area contributed by atoms with Crippen molar-refractivity contribution in [3.05, 3.63) is 11.3 Å². The molecule has 1 heterocycles. The summed E-state index contributed by atoms with van der Waals surface area (Å²) in [4.78, 5) is 11.5. The van der Waals surface area contributed by atoms with Crippen LogP contribution < -0.4 is 4.74 Å². The number of fused-ring (bicyclic) bond motifs is 1. The lowest BCUT2D eigenvalue weighted by molar-refractivity contribution is -0.159. The van der Waals surface area contributed by atoms with Gasteiger partial charge < -0.3 is 14.0 Å². The minimum absolute atomic E-state index is 0.116. The van der Waals surface area contributed by atoms with E-state index in [0.717, 1.165) is 37.0 Å². The van der Waals surface area contributed by atoms with Gasteiger partial charge >= 0.3 is 5.97 Å². The highest BCUT2D eigenvalue weighted by Gasteiger charge is 2.24. The first-order chi connectivity index (χ1) is 8.48. The molecule has 0 unspecified atom stereocenters. The molecule has 1 aliphatic rings. The molecule has 0 aliphatic heterocycles. The van der Waals surface area contributed by atoms with Gasteiger partial charge in [-0.3, -0.25) is 4.79 Å². The van der Waals surface area contributed by atoms with Crippen LogP contribution in [0.15, 0.2) is 4.52 Å². The van der Waals surface area contributed by atoms with Crippen LogP contribution in [0.2, 0.25) is 0 Å². The zero-order chi connectivity index (χ0) is 13.2. The van der Waals surface area contributed by atoms with E-state index < -0.39 is 5.41 Å². The van der Waals surface area contributed by atoms with E-state index in [1.165, 1.54) is 0 Å². The summed E-state index contributed by atoms with van der Waals surface area (Å²) in [5.41, 5.74) is 0.500. The summed E-state index contributed by atoms with van der Waals surface area (Å²) in [7, 11) is 0. The quantitative estimate of drug-likeness (QED) is 0.611. The van der Waals surface area contributed by atoms with E-state index in [9.17, 15) is 4.79 Å². The third kappa shape index (κ3) is 2.83. The van der Waals surface area contributed by atoms with Gasteiger partial charge in [-0.2, -0.15) is 0 Å². The second kappa shape index (κ2) is 5.00. The van der Waals surface area contributed by atoms with Gasteiger partial charge in [0.25, 0.3) is 5.88 Å². The molecule has 1 aliphatic carbocycles. The number of hydrogen-bond donors (Lipinski definition) is 0. The van der Waals surface area contributed by atoms with Gasteiger partial charge in [-0.25, -0.2) is 0 Å². The van der Waals surface area contributed by atoms with Gasteiger partial charge in [-0.1, -0.05) is 0 Å².